The van der Waals surface area contributed by atoms with Gasteiger partial charge >= 0.3 is 0 Å². The molecule has 0 unspecified atom stereocenters. The molecule has 1 rings (SSSR count). The Morgan fingerprint density at radius 1 is 1.36 bits per heavy atom. The number of rotatable bonds is 8. The summed E-state index contributed by atoms with van der Waals surface area (Å²) in [4.78, 5) is 11.2. The Morgan fingerprint density at radius 3 is 2.79 bits per heavy atom. The molecule has 0 radical (unpaired) electrons. The number of unbranched alkanes of at least 4 members (excludes halogenated alkanes) is 1. The number of carbonyl (C=O) groups excluding carboxylic acids is 1. The van der Waals surface area contributed by atoms with Crippen molar-refractivity contribution in [3.8, 4) is 0 Å². The SMILES string of the molecule is NCCCCNC(=O)CNCC1CC1. The van der Waals surface area contributed by atoms with E-state index < -0.39 is 0 Å². The minimum absolute atomic E-state index is 0.0997. The summed E-state index contributed by atoms with van der Waals surface area (Å²) < 4.78 is 0. The van der Waals surface area contributed by atoms with E-state index in [-0.39, 0.29) is 5.91 Å². The Labute approximate surface area is 85.6 Å². The lowest BCUT2D eigenvalue weighted by Crippen LogP contribution is -2.35. The second kappa shape index (κ2) is 6.79. The van der Waals surface area contributed by atoms with Gasteiger partial charge < -0.3 is 16.4 Å². The average molecular weight is 199 g/mol. The number of amides is 1. The third kappa shape index (κ3) is 5.94. The highest BCUT2D eigenvalue weighted by molar-refractivity contribution is 5.77. The monoisotopic (exact) mass is 199 g/mol. The zero-order valence-corrected chi connectivity index (χ0v) is 8.72. The number of hydrogen-bond acceptors (Lipinski definition) is 3. The lowest BCUT2D eigenvalue weighted by atomic mass is 10.3. The average Bonchev–Trinajstić information content (AvgIpc) is 2.96. The molecular formula is C10H21N3O. The second-order valence-electron chi connectivity index (χ2n) is 3.92. The van der Waals surface area contributed by atoms with Crippen LogP contribution in [0, 0.1) is 5.92 Å². The standard InChI is InChI=1S/C10H21N3O/c11-5-1-2-6-13-10(14)8-12-7-9-3-4-9/h9,12H,1-8,11H2,(H,13,14). The summed E-state index contributed by atoms with van der Waals surface area (Å²) in [5.74, 6) is 0.933. The van der Waals surface area contributed by atoms with Crippen LogP contribution in [0.25, 0.3) is 0 Å². The van der Waals surface area contributed by atoms with Crippen LogP contribution in [0.2, 0.25) is 0 Å². The van der Waals surface area contributed by atoms with E-state index in [1.807, 2.05) is 0 Å². The van der Waals surface area contributed by atoms with E-state index in [9.17, 15) is 4.79 Å². The summed E-state index contributed by atoms with van der Waals surface area (Å²) in [6.45, 7) is 2.91. The van der Waals surface area contributed by atoms with Gasteiger partial charge in [-0.25, -0.2) is 0 Å². The first-order valence-electron chi connectivity index (χ1n) is 5.50. The predicted molar refractivity (Wildman–Crippen MR) is 56.9 cm³/mol. The van der Waals surface area contributed by atoms with Crippen LogP contribution >= 0.6 is 0 Å². The van der Waals surface area contributed by atoms with E-state index in [2.05, 4.69) is 10.6 Å². The molecule has 0 saturated heterocycles. The fraction of sp³-hybridized carbons (Fsp3) is 0.900. The van der Waals surface area contributed by atoms with Crippen molar-refractivity contribution in [2.45, 2.75) is 25.7 Å². The molecule has 0 bridgehead atoms. The van der Waals surface area contributed by atoms with E-state index in [4.69, 9.17) is 5.73 Å². The number of carbonyl (C=O) groups is 1. The van der Waals surface area contributed by atoms with Crippen molar-refractivity contribution in [3.05, 3.63) is 0 Å². The van der Waals surface area contributed by atoms with Crippen molar-refractivity contribution >= 4 is 5.91 Å². The van der Waals surface area contributed by atoms with Gasteiger partial charge in [-0.1, -0.05) is 0 Å². The second-order valence-corrected chi connectivity index (χ2v) is 3.92. The first-order chi connectivity index (χ1) is 6.83. The highest BCUT2D eigenvalue weighted by Crippen LogP contribution is 2.27. The maximum atomic E-state index is 11.2. The van der Waals surface area contributed by atoms with Crippen LogP contribution in [0.15, 0.2) is 0 Å². The van der Waals surface area contributed by atoms with Crippen LogP contribution in [0.3, 0.4) is 0 Å². The van der Waals surface area contributed by atoms with Crippen LogP contribution in [-0.4, -0.2) is 32.1 Å². The minimum Gasteiger partial charge on any atom is -0.355 e. The van der Waals surface area contributed by atoms with Gasteiger partial charge in [0.05, 0.1) is 6.54 Å². The molecule has 1 aliphatic rings. The smallest absolute Gasteiger partial charge is 0.233 e. The zero-order valence-electron chi connectivity index (χ0n) is 8.72. The quantitative estimate of drug-likeness (QED) is 0.476. The Bertz CT molecular complexity index is 169. The van der Waals surface area contributed by atoms with E-state index in [1.165, 1.54) is 12.8 Å². The zero-order chi connectivity index (χ0) is 10.2. The third-order valence-electron chi connectivity index (χ3n) is 2.37. The van der Waals surface area contributed by atoms with Crippen LogP contribution in [-0.2, 0) is 4.79 Å². The maximum absolute atomic E-state index is 11.2. The predicted octanol–water partition coefficient (Wildman–Crippen LogP) is -0.159. The summed E-state index contributed by atoms with van der Waals surface area (Å²) in [6.07, 6.45) is 4.61. The lowest BCUT2D eigenvalue weighted by molar-refractivity contribution is -0.120. The van der Waals surface area contributed by atoms with Crippen LogP contribution < -0.4 is 16.4 Å². The molecule has 0 aliphatic heterocycles. The van der Waals surface area contributed by atoms with Gasteiger partial charge in [0.2, 0.25) is 5.91 Å². The lowest BCUT2D eigenvalue weighted by Gasteiger charge is -2.05. The normalized spacial score (nSPS) is 15.5. The van der Waals surface area contributed by atoms with E-state index in [1.54, 1.807) is 0 Å². The Kier molecular flexibility index (Phi) is 5.56. The molecule has 0 aromatic rings. The highest BCUT2D eigenvalue weighted by Gasteiger charge is 2.20. The number of nitrogens with one attached hydrogen (secondary N) is 2. The fourth-order valence-corrected chi connectivity index (χ4v) is 1.27. The number of nitrogens with two attached hydrogens (primary N) is 1. The molecule has 1 aliphatic carbocycles. The van der Waals surface area contributed by atoms with Crippen molar-refractivity contribution in [1.82, 2.24) is 10.6 Å². The Balaban J connectivity index is 1.82. The van der Waals surface area contributed by atoms with E-state index in [0.29, 0.717) is 13.1 Å². The topological polar surface area (TPSA) is 67.1 Å². The van der Waals surface area contributed by atoms with Gasteiger partial charge in [-0.2, -0.15) is 0 Å². The van der Waals surface area contributed by atoms with E-state index >= 15 is 0 Å². The molecule has 4 heteroatoms. The molecule has 0 spiro atoms. The molecule has 1 amide bonds. The molecule has 0 aromatic carbocycles. The van der Waals surface area contributed by atoms with E-state index in [0.717, 1.165) is 31.8 Å². The summed E-state index contributed by atoms with van der Waals surface area (Å²) >= 11 is 0. The summed E-state index contributed by atoms with van der Waals surface area (Å²) in [7, 11) is 0. The van der Waals surface area contributed by atoms with Gasteiger partial charge in [0.25, 0.3) is 0 Å². The van der Waals surface area contributed by atoms with Gasteiger partial charge in [-0.05, 0) is 44.7 Å². The minimum atomic E-state index is 0.0997. The summed E-state index contributed by atoms with van der Waals surface area (Å²) in [5, 5.41) is 6.01. The van der Waals surface area contributed by atoms with Crippen molar-refractivity contribution in [1.29, 1.82) is 0 Å². The molecule has 1 saturated carbocycles. The Morgan fingerprint density at radius 2 is 2.14 bits per heavy atom. The van der Waals surface area contributed by atoms with Crippen molar-refractivity contribution < 1.29 is 4.79 Å². The summed E-state index contributed by atoms with van der Waals surface area (Å²) in [6, 6.07) is 0. The maximum Gasteiger partial charge on any atom is 0.233 e. The molecule has 1 fully saturated rings. The van der Waals surface area contributed by atoms with Gasteiger partial charge in [0, 0.05) is 6.54 Å². The molecular weight excluding hydrogens is 178 g/mol. The third-order valence-corrected chi connectivity index (χ3v) is 2.37. The summed E-state index contributed by atoms with van der Waals surface area (Å²) in [5.41, 5.74) is 5.34. The van der Waals surface area contributed by atoms with Crippen LogP contribution in [0.4, 0.5) is 0 Å². The number of hydrogen-bond donors (Lipinski definition) is 3. The molecule has 0 heterocycles. The molecule has 4 N–H and O–H groups in total. The first kappa shape index (κ1) is 11.5. The van der Waals surface area contributed by atoms with Gasteiger partial charge in [0.15, 0.2) is 0 Å². The molecule has 4 nitrogen and oxygen atoms in total. The van der Waals surface area contributed by atoms with Crippen LogP contribution in [0.5, 0.6) is 0 Å². The molecule has 0 aromatic heterocycles. The first-order valence-corrected chi connectivity index (χ1v) is 5.50. The Hall–Kier alpha value is -0.610. The van der Waals surface area contributed by atoms with Gasteiger partial charge in [-0.15, -0.1) is 0 Å². The van der Waals surface area contributed by atoms with Crippen molar-refractivity contribution in [2.75, 3.05) is 26.2 Å². The molecule has 82 valence electrons. The van der Waals surface area contributed by atoms with Crippen molar-refractivity contribution in [3.63, 3.8) is 0 Å². The molecule has 14 heavy (non-hydrogen) atoms. The molecule has 0 atom stereocenters. The fourth-order valence-electron chi connectivity index (χ4n) is 1.27. The van der Waals surface area contributed by atoms with Gasteiger partial charge in [-0.3, -0.25) is 4.79 Å². The highest BCUT2D eigenvalue weighted by atomic mass is 16.1. The van der Waals surface area contributed by atoms with Gasteiger partial charge in [0.1, 0.15) is 0 Å². The van der Waals surface area contributed by atoms with Crippen LogP contribution in [0.1, 0.15) is 25.7 Å². The van der Waals surface area contributed by atoms with Crippen molar-refractivity contribution in [2.24, 2.45) is 11.7 Å². The largest absolute Gasteiger partial charge is 0.355 e.